The molecule has 0 saturated heterocycles. The van der Waals surface area contributed by atoms with Crippen molar-refractivity contribution in [1.29, 1.82) is 0 Å². The molecule has 3 aromatic rings. The highest BCUT2D eigenvalue weighted by Gasteiger charge is 2.32. The van der Waals surface area contributed by atoms with Gasteiger partial charge in [-0.15, -0.1) is 0 Å². The number of hydrogen-bond acceptors (Lipinski definition) is 5. The van der Waals surface area contributed by atoms with E-state index in [-0.39, 0.29) is 17.5 Å². The number of amides is 1. The molecule has 35 heavy (non-hydrogen) atoms. The lowest BCUT2D eigenvalue weighted by atomic mass is 9.98. The van der Waals surface area contributed by atoms with Crippen molar-refractivity contribution >= 4 is 22.2 Å². The number of ether oxygens (including phenoxy) is 1. The van der Waals surface area contributed by atoms with E-state index < -0.39 is 44.0 Å². The van der Waals surface area contributed by atoms with Gasteiger partial charge in [0.25, 0.3) is 10.1 Å². The Morgan fingerprint density at radius 2 is 1.83 bits per heavy atom. The van der Waals surface area contributed by atoms with Gasteiger partial charge in [-0.3, -0.25) is 9.35 Å². The maximum Gasteiger partial charge on any atom is 0.416 e. The molecule has 3 rings (SSSR count). The Kier molecular flexibility index (Phi) is 7.56. The number of methoxy groups -OCH3 is 1. The van der Waals surface area contributed by atoms with Crippen LogP contribution < -0.4 is 10.2 Å². The van der Waals surface area contributed by atoms with Crippen LogP contribution in [0.2, 0.25) is 0 Å². The summed E-state index contributed by atoms with van der Waals surface area (Å²) < 4.78 is 91.8. The molecule has 0 aliphatic carbocycles. The summed E-state index contributed by atoms with van der Waals surface area (Å²) in [5, 5.41) is 3.71. The quantitative estimate of drug-likeness (QED) is 0.211. The highest BCUT2D eigenvalue weighted by molar-refractivity contribution is 7.86. The van der Waals surface area contributed by atoms with Crippen LogP contribution >= 0.6 is 0 Å². The predicted octanol–water partition coefficient (Wildman–Crippen LogP) is 4.46. The molecule has 0 unspecified atom stereocenters. The van der Waals surface area contributed by atoms with Crippen molar-refractivity contribution in [2.75, 3.05) is 7.11 Å². The fourth-order valence-electron chi connectivity index (χ4n) is 3.21. The summed E-state index contributed by atoms with van der Waals surface area (Å²) >= 11 is 0. The van der Waals surface area contributed by atoms with Crippen LogP contribution in [0.5, 0.6) is 5.75 Å². The number of hydrogen-bond donors (Lipinski definition) is 2. The molecule has 0 aliphatic heterocycles. The van der Waals surface area contributed by atoms with Crippen LogP contribution in [0.3, 0.4) is 0 Å². The van der Waals surface area contributed by atoms with Crippen LogP contribution in [0.4, 0.5) is 17.6 Å². The highest BCUT2D eigenvalue weighted by atomic mass is 32.2. The lowest BCUT2D eigenvalue weighted by Gasteiger charge is -2.14. The Labute approximate surface area is 197 Å². The minimum atomic E-state index is -4.93. The largest absolute Gasteiger partial charge is 0.497 e. The Balaban J connectivity index is 1.95. The second-order valence-electron chi connectivity index (χ2n) is 7.24. The second-order valence-corrected chi connectivity index (χ2v) is 8.63. The van der Waals surface area contributed by atoms with Crippen molar-refractivity contribution in [2.24, 2.45) is 5.10 Å². The van der Waals surface area contributed by atoms with Crippen LogP contribution in [0.1, 0.15) is 16.7 Å². The monoisotopic (exact) mass is 510 g/mol. The molecule has 3 aromatic carbocycles. The van der Waals surface area contributed by atoms with Crippen LogP contribution in [0.15, 0.2) is 70.7 Å². The van der Waals surface area contributed by atoms with Crippen molar-refractivity contribution < 1.29 is 40.1 Å². The molecule has 0 fully saturated rings. The third-order valence-corrected chi connectivity index (χ3v) is 5.69. The highest BCUT2D eigenvalue weighted by Crippen LogP contribution is 2.36. The first-order valence-corrected chi connectivity index (χ1v) is 11.3. The zero-order valence-corrected chi connectivity index (χ0v) is 18.8. The molecule has 0 saturated carbocycles. The first-order valence-electron chi connectivity index (χ1n) is 9.82. The van der Waals surface area contributed by atoms with E-state index in [9.17, 15) is 35.3 Å². The average molecular weight is 510 g/mol. The summed E-state index contributed by atoms with van der Waals surface area (Å²) in [7, 11) is -3.46. The number of carbonyl (C=O) groups excluding carboxylic acids is 1. The van der Waals surface area contributed by atoms with Gasteiger partial charge in [-0.2, -0.15) is 26.7 Å². The molecule has 0 aliphatic rings. The van der Waals surface area contributed by atoms with Gasteiger partial charge >= 0.3 is 6.18 Å². The summed E-state index contributed by atoms with van der Waals surface area (Å²) in [6.07, 6.45) is -3.93. The van der Waals surface area contributed by atoms with E-state index >= 15 is 0 Å². The zero-order valence-electron chi connectivity index (χ0n) is 18.0. The number of benzene rings is 3. The molecular weight excluding hydrogens is 492 g/mol. The van der Waals surface area contributed by atoms with Gasteiger partial charge in [-0.25, -0.2) is 9.82 Å². The first-order chi connectivity index (χ1) is 16.4. The van der Waals surface area contributed by atoms with Gasteiger partial charge in [0.15, 0.2) is 0 Å². The molecule has 0 atom stereocenters. The van der Waals surface area contributed by atoms with Gasteiger partial charge in [0, 0.05) is 11.1 Å². The van der Waals surface area contributed by atoms with E-state index in [1.165, 1.54) is 7.11 Å². The molecule has 0 spiro atoms. The summed E-state index contributed by atoms with van der Waals surface area (Å²) in [6, 6.07) is 11.2. The van der Waals surface area contributed by atoms with Crippen LogP contribution in [0, 0.1) is 5.82 Å². The molecule has 0 bridgehead atoms. The van der Waals surface area contributed by atoms with Gasteiger partial charge in [0.1, 0.15) is 16.5 Å². The maximum atomic E-state index is 13.9. The van der Waals surface area contributed by atoms with Crippen molar-refractivity contribution in [3.05, 3.63) is 83.2 Å². The van der Waals surface area contributed by atoms with Gasteiger partial charge in [0.05, 0.1) is 25.3 Å². The molecule has 7 nitrogen and oxygen atoms in total. The van der Waals surface area contributed by atoms with E-state index in [0.717, 1.165) is 24.4 Å². The smallest absolute Gasteiger partial charge is 0.416 e. The van der Waals surface area contributed by atoms with Gasteiger partial charge in [0.2, 0.25) is 5.91 Å². The molecule has 0 radical (unpaired) electrons. The van der Waals surface area contributed by atoms with E-state index in [4.69, 9.17) is 4.74 Å². The Morgan fingerprint density at radius 1 is 1.09 bits per heavy atom. The number of alkyl halides is 3. The van der Waals surface area contributed by atoms with E-state index in [2.05, 4.69) is 10.5 Å². The normalized spacial score (nSPS) is 12.1. The summed E-state index contributed by atoms with van der Waals surface area (Å²) in [4.78, 5) is 11.4. The lowest BCUT2D eigenvalue weighted by molar-refractivity contribution is -0.137. The fourth-order valence-corrected chi connectivity index (χ4v) is 3.90. The summed E-state index contributed by atoms with van der Waals surface area (Å²) in [5.41, 5.74) is 0.815. The third kappa shape index (κ3) is 6.64. The molecule has 0 aromatic heterocycles. The van der Waals surface area contributed by atoms with Crippen LogP contribution in [-0.2, 0) is 27.5 Å². The predicted molar refractivity (Wildman–Crippen MR) is 119 cm³/mol. The fraction of sp³-hybridized carbons (Fsp3) is 0.130. The van der Waals surface area contributed by atoms with Crippen molar-refractivity contribution in [3.63, 3.8) is 0 Å². The van der Waals surface area contributed by atoms with Crippen molar-refractivity contribution in [3.8, 4) is 16.9 Å². The van der Waals surface area contributed by atoms with Crippen molar-refractivity contribution in [1.82, 2.24) is 5.43 Å². The number of nitrogens with one attached hydrogen (secondary N) is 1. The number of halogens is 4. The van der Waals surface area contributed by atoms with Gasteiger partial charge < -0.3 is 4.74 Å². The average Bonchev–Trinajstić information content (AvgIpc) is 2.77. The van der Waals surface area contributed by atoms with Crippen molar-refractivity contribution in [2.45, 2.75) is 17.5 Å². The Bertz CT molecular complexity index is 1390. The minimum absolute atomic E-state index is 0.0783. The standard InChI is InChI=1S/C23H18F4N2O5S/c1-34-18-4-2-3-14(9-18)10-22(30)29-28-13-15-11-17(24)6-7-19(15)20-12-16(23(25,26)27)5-8-21(20)35(31,32)33/h2-9,11-13H,10H2,1H3,(H,29,30)(H,31,32,33)/b28-13+. The van der Waals surface area contributed by atoms with Crippen LogP contribution in [0.25, 0.3) is 11.1 Å². The first kappa shape index (κ1) is 25.8. The minimum Gasteiger partial charge on any atom is -0.497 e. The summed E-state index contributed by atoms with van der Waals surface area (Å²) in [6.45, 7) is 0. The zero-order chi connectivity index (χ0) is 25.8. The molecular formula is C23H18F4N2O5S. The van der Waals surface area contributed by atoms with Gasteiger partial charge in [-0.1, -0.05) is 18.2 Å². The van der Waals surface area contributed by atoms with Crippen LogP contribution in [-0.4, -0.2) is 32.2 Å². The lowest BCUT2D eigenvalue weighted by Crippen LogP contribution is -2.19. The van der Waals surface area contributed by atoms with Gasteiger partial charge in [-0.05, 0) is 53.6 Å². The van der Waals surface area contributed by atoms with E-state index in [1.807, 2.05) is 0 Å². The third-order valence-electron chi connectivity index (χ3n) is 4.78. The van der Waals surface area contributed by atoms with E-state index in [0.29, 0.717) is 29.5 Å². The molecule has 2 N–H and O–H groups in total. The Hall–Kier alpha value is -3.77. The number of rotatable bonds is 7. The SMILES string of the molecule is COc1cccc(CC(=O)N/N=C/c2cc(F)ccc2-c2cc(C(F)(F)F)ccc2S(=O)(=O)O)c1. The molecule has 12 heteroatoms. The maximum absolute atomic E-state index is 13.9. The molecule has 1 amide bonds. The number of nitrogens with zero attached hydrogens (tertiary/aromatic N) is 1. The summed E-state index contributed by atoms with van der Waals surface area (Å²) in [5.74, 6) is -0.803. The Morgan fingerprint density at radius 3 is 2.49 bits per heavy atom. The number of carbonyl (C=O) groups is 1. The molecule has 184 valence electrons. The van der Waals surface area contributed by atoms with E-state index in [1.54, 1.807) is 24.3 Å². The number of hydrazone groups is 1. The second kappa shape index (κ2) is 10.2. The molecule has 0 heterocycles. The topological polar surface area (TPSA) is 105 Å².